The second kappa shape index (κ2) is 3.97. The van der Waals surface area contributed by atoms with Gasteiger partial charge in [0.15, 0.2) is 0 Å². The molecular formula is C14H21NO3. The van der Waals surface area contributed by atoms with Crippen LogP contribution in [0.15, 0.2) is 12.8 Å². The first-order chi connectivity index (χ1) is 8.57. The molecule has 2 atom stereocenters. The van der Waals surface area contributed by atoms with E-state index in [0.29, 0.717) is 18.4 Å². The summed E-state index contributed by atoms with van der Waals surface area (Å²) in [6, 6.07) is 0. The zero-order valence-electron chi connectivity index (χ0n) is 10.8. The van der Waals surface area contributed by atoms with Gasteiger partial charge < -0.3 is 4.74 Å². The molecule has 0 saturated heterocycles. The SMILES string of the molecule is C=COCCC12CC3CC(C1)CC([N+](=O)[O-])(C3)C2. The minimum atomic E-state index is -0.599. The molecule has 4 saturated carbocycles. The van der Waals surface area contributed by atoms with Gasteiger partial charge in [-0.25, -0.2) is 0 Å². The molecule has 4 nitrogen and oxygen atoms in total. The lowest BCUT2D eigenvalue weighted by Crippen LogP contribution is -2.59. The van der Waals surface area contributed by atoms with Gasteiger partial charge in [0, 0.05) is 24.2 Å². The Morgan fingerprint density at radius 1 is 1.33 bits per heavy atom. The van der Waals surface area contributed by atoms with E-state index in [-0.39, 0.29) is 10.3 Å². The lowest BCUT2D eigenvalue weighted by atomic mass is 9.46. The molecule has 4 heteroatoms. The van der Waals surface area contributed by atoms with E-state index in [1.165, 1.54) is 25.5 Å². The smallest absolute Gasteiger partial charge is 0.223 e. The lowest BCUT2D eigenvalue weighted by molar-refractivity contribution is -0.592. The lowest BCUT2D eigenvalue weighted by Gasteiger charge is -2.58. The Morgan fingerprint density at radius 2 is 2.00 bits per heavy atom. The highest BCUT2D eigenvalue weighted by molar-refractivity contribution is 5.08. The molecule has 100 valence electrons. The van der Waals surface area contributed by atoms with Crippen molar-refractivity contribution >= 4 is 0 Å². The van der Waals surface area contributed by atoms with Gasteiger partial charge in [-0.1, -0.05) is 6.58 Å². The maximum absolute atomic E-state index is 11.5. The van der Waals surface area contributed by atoms with Gasteiger partial charge in [0.25, 0.3) is 0 Å². The van der Waals surface area contributed by atoms with Crippen LogP contribution in [-0.4, -0.2) is 17.1 Å². The quantitative estimate of drug-likeness (QED) is 0.326. The molecule has 4 bridgehead atoms. The third kappa shape index (κ3) is 1.73. The zero-order valence-corrected chi connectivity index (χ0v) is 10.8. The van der Waals surface area contributed by atoms with Crippen LogP contribution in [0.25, 0.3) is 0 Å². The minimum Gasteiger partial charge on any atom is -0.502 e. The molecule has 4 rings (SSSR count). The van der Waals surface area contributed by atoms with Crippen molar-refractivity contribution in [3.8, 4) is 0 Å². The average molecular weight is 251 g/mol. The van der Waals surface area contributed by atoms with E-state index in [1.54, 1.807) is 0 Å². The summed E-state index contributed by atoms with van der Waals surface area (Å²) in [5, 5.41) is 11.5. The van der Waals surface area contributed by atoms with E-state index in [2.05, 4.69) is 6.58 Å². The summed E-state index contributed by atoms with van der Waals surface area (Å²) < 4.78 is 5.26. The number of nitrogens with zero attached hydrogens (tertiary/aromatic N) is 1. The van der Waals surface area contributed by atoms with Gasteiger partial charge in [-0.15, -0.1) is 0 Å². The minimum absolute atomic E-state index is 0.0353. The Kier molecular flexibility index (Phi) is 2.65. The second-order valence-corrected chi connectivity index (χ2v) is 6.73. The van der Waals surface area contributed by atoms with Gasteiger partial charge in [-0.2, -0.15) is 0 Å². The summed E-state index contributed by atoms with van der Waals surface area (Å²) >= 11 is 0. The van der Waals surface area contributed by atoms with Crippen molar-refractivity contribution in [3.63, 3.8) is 0 Å². The number of ether oxygens (including phenoxy) is 1. The molecule has 2 unspecified atom stereocenters. The van der Waals surface area contributed by atoms with E-state index in [9.17, 15) is 10.1 Å². The number of hydrogen-bond donors (Lipinski definition) is 0. The molecule has 18 heavy (non-hydrogen) atoms. The second-order valence-electron chi connectivity index (χ2n) is 6.73. The Hall–Kier alpha value is -1.06. The van der Waals surface area contributed by atoms with E-state index < -0.39 is 5.54 Å². The summed E-state index contributed by atoms with van der Waals surface area (Å²) in [6.07, 6.45) is 8.44. The normalized spacial score (nSPS) is 44.9. The molecule has 0 aliphatic heterocycles. The number of nitro groups is 1. The van der Waals surface area contributed by atoms with E-state index >= 15 is 0 Å². The van der Waals surface area contributed by atoms with E-state index in [1.807, 2.05) is 0 Å². The summed E-state index contributed by atoms with van der Waals surface area (Å²) in [4.78, 5) is 11.5. The first-order valence-corrected chi connectivity index (χ1v) is 6.95. The van der Waals surface area contributed by atoms with Gasteiger partial charge in [0.05, 0.1) is 12.9 Å². The fourth-order valence-corrected chi connectivity index (χ4v) is 5.27. The molecule has 0 amide bonds. The summed E-state index contributed by atoms with van der Waals surface area (Å²) in [5.41, 5.74) is -0.418. The van der Waals surface area contributed by atoms with Crippen molar-refractivity contribution in [3.05, 3.63) is 23.0 Å². The molecule has 0 aromatic heterocycles. The van der Waals surface area contributed by atoms with Crippen molar-refractivity contribution < 1.29 is 9.66 Å². The molecule has 4 aliphatic rings. The maximum Gasteiger partial charge on any atom is 0.223 e. The van der Waals surface area contributed by atoms with E-state index in [4.69, 9.17) is 4.74 Å². The van der Waals surface area contributed by atoms with Gasteiger partial charge in [0.1, 0.15) is 0 Å². The zero-order chi connectivity index (χ0) is 12.8. The molecule has 0 radical (unpaired) electrons. The highest BCUT2D eigenvalue weighted by atomic mass is 16.6. The van der Waals surface area contributed by atoms with Crippen LogP contribution in [0.4, 0.5) is 0 Å². The summed E-state index contributed by atoms with van der Waals surface area (Å²) in [6.45, 7) is 4.22. The van der Waals surface area contributed by atoms with Crippen molar-refractivity contribution in [1.82, 2.24) is 0 Å². The van der Waals surface area contributed by atoms with Crippen LogP contribution in [0.1, 0.15) is 44.9 Å². The monoisotopic (exact) mass is 251 g/mol. The highest BCUT2D eigenvalue weighted by Crippen LogP contribution is 2.63. The Labute approximate surface area is 108 Å². The molecule has 0 aromatic carbocycles. The van der Waals surface area contributed by atoms with Crippen molar-refractivity contribution in [2.75, 3.05) is 6.61 Å². The third-order valence-electron chi connectivity index (χ3n) is 5.41. The molecular weight excluding hydrogens is 230 g/mol. The van der Waals surface area contributed by atoms with Crippen LogP contribution in [0.2, 0.25) is 0 Å². The number of rotatable bonds is 5. The Bertz CT molecular complexity index is 365. The molecule has 0 aromatic rings. The number of hydrogen-bond acceptors (Lipinski definition) is 3. The Morgan fingerprint density at radius 3 is 2.56 bits per heavy atom. The van der Waals surface area contributed by atoms with Crippen molar-refractivity contribution in [1.29, 1.82) is 0 Å². The highest BCUT2D eigenvalue weighted by Gasteiger charge is 2.63. The molecule has 4 aliphatic carbocycles. The van der Waals surface area contributed by atoms with Gasteiger partial charge in [-0.3, -0.25) is 10.1 Å². The molecule has 4 fully saturated rings. The maximum atomic E-state index is 11.5. The topological polar surface area (TPSA) is 52.4 Å². The largest absolute Gasteiger partial charge is 0.502 e. The molecule has 0 spiro atoms. The van der Waals surface area contributed by atoms with Crippen LogP contribution < -0.4 is 0 Å². The predicted octanol–water partition coefficient (Wildman–Crippen LogP) is 3.15. The first kappa shape index (κ1) is 12.0. The fraction of sp³-hybridized carbons (Fsp3) is 0.857. The molecule has 0 heterocycles. The summed E-state index contributed by atoms with van der Waals surface area (Å²) in [5.74, 6) is 1.17. The van der Waals surface area contributed by atoms with Crippen LogP contribution >= 0.6 is 0 Å². The van der Waals surface area contributed by atoms with Crippen LogP contribution in [0, 0.1) is 27.4 Å². The first-order valence-electron chi connectivity index (χ1n) is 6.95. The van der Waals surface area contributed by atoms with Crippen LogP contribution in [0.5, 0.6) is 0 Å². The third-order valence-corrected chi connectivity index (χ3v) is 5.41. The summed E-state index contributed by atoms with van der Waals surface area (Å²) in [7, 11) is 0. The predicted molar refractivity (Wildman–Crippen MR) is 67.6 cm³/mol. The van der Waals surface area contributed by atoms with Gasteiger partial charge in [0.2, 0.25) is 5.54 Å². The van der Waals surface area contributed by atoms with Gasteiger partial charge >= 0.3 is 0 Å². The van der Waals surface area contributed by atoms with Gasteiger partial charge in [-0.05, 0) is 42.9 Å². The van der Waals surface area contributed by atoms with E-state index in [0.717, 1.165) is 25.7 Å². The standard InChI is InChI=1S/C14H21NO3/c1-2-18-4-3-13-6-11-5-12(7-13)9-14(8-11,10-13)15(16)17/h2,11-12H,1,3-10H2. The van der Waals surface area contributed by atoms with Crippen molar-refractivity contribution in [2.24, 2.45) is 17.3 Å². The van der Waals surface area contributed by atoms with Crippen molar-refractivity contribution in [2.45, 2.75) is 50.5 Å². The Balaban J connectivity index is 1.80. The molecule has 0 N–H and O–H groups in total. The van der Waals surface area contributed by atoms with Crippen LogP contribution in [-0.2, 0) is 4.74 Å². The fourth-order valence-electron chi connectivity index (χ4n) is 5.27. The average Bonchev–Trinajstić information content (AvgIpc) is 2.27. The van der Waals surface area contributed by atoms with Crippen LogP contribution in [0.3, 0.4) is 0 Å².